The summed E-state index contributed by atoms with van der Waals surface area (Å²) in [7, 11) is 0. The Morgan fingerprint density at radius 1 is 1.11 bits per heavy atom. The summed E-state index contributed by atoms with van der Waals surface area (Å²) in [5, 5.41) is 2.57. The highest BCUT2D eigenvalue weighted by atomic mass is 15.0. The fourth-order valence-corrected chi connectivity index (χ4v) is 5.53. The SMILES string of the molecule is C=C/C=C(\C=C)n1c2ccncc2c2c3c(ccc21)C1=C(CCCC1)C3(C)C. The molecular formula is C26H26N2. The molecule has 0 fully saturated rings. The summed E-state index contributed by atoms with van der Waals surface area (Å²) in [6.07, 6.45) is 14.7. The Morgan fingerprint density at radius 3 is 2.71 bits per heavy atom. The van der Waals surface area contributed by atoms with Gasteiger partial charge in [0.25, 0.3) is 0 Å². The maximum absolute atomic E-state index is 4.48. The van der Waals surface area contributed by atoms with Gasteiger partial charge in [-0.15, -0.1) is 0 Å². The molecular weight excluding hydrogens is 340 g/mol. The second kappa shape index (κ2) is 6.07. The Bertz CT molecular complexity index is 1210. The zero-order valence-corrected chi connectivity index (χ0v) is 16.8. The zero-order chi connectivity index (χ0) is 19.5. The first-order valence-corrected chi connectivity index (χ1v) is 10.2. The van der Waals surface area contributed by atoms with Crippen molar-refractivity contribution in [1.82, 2.24) is 9.55 Å². The van der Waals surface area contributed by atoms with Crippen LogP contribution in [0, 0.1) is 0 Å². The van der Waals surface area contributed by atoms with Gasteiger partial charge < -0.3 is 4.57 Å². The van der Waals surface area contributed by atoms with Crippen LogP contribution in [0.2, 0.25) is 0 Å². The number of fused-ring (bicyclic) bond motifs is 6. The standard InChI is InChI=1S/C26H26N2/c1-5-9-17(6-2)28-22-14-15-27-16-20(22)24-23(28)13-12-19-18-10-7-8-11-21(18)26(3,4)25(19)24/h5-6,9,12-16H,1-2,7-8,10-11H2,3-4H3/b17-9+. The van der Waals surface area contributed by atoms with E-state index in [0.717, 1.165) is 5.70 Å². The highest BCUT2D eigenvalue weighted by Crippen LogP contribution is 2.55. The molecule has 28 heavy (non-hydrogen) atoms. The van der Waals surface area contributed by atoms with Crippen LogP contribution in [0.25, 0.3) is 33.1 Å². The van der Waals surface area contributed by atoms with Crippen molar-refractivity contribution in [3.05, 3.63) is 78.7 Å². The molecule has 0 N–H and O–H groups in total. The number of hydrogen-bond donors (Lipinski definition) is 0. The summed E-state index contributed by atoms with van der Waals surface area (Å²) in [5.41, 5.74) is 9.69. The van der Waals surface area contributed by atoms with E-state index < -0.39 is 0 Å². The van der Waals surface area contributed by atoms with E-state index in [1.807, 2.05) is 30.6 Å². The molecule has 3 aromatic rings. The predicted molar refractivity (Wildman–Crippen MR) is 120 cm³/mol. The van der Waals surface area contributed by atoms with Gasteiger partial charge in [-0.05, 0) is 66.7 Å². The second-order valence-corrected chi connectivity index (χ2v) is 8.43. The molecule has 0 aliphatic heterocycles. The third-order valence-electron chi connectivity index (χ3n) is 6.66. The number of aromatic nitrogens is 2. The van der Waals surface area contributed by atoms with Gasteiger partial charge >= 0.3 is 0 Å². The monoisotopic (exact) mass is 366 g/mol. The largest absolute Gasteiger partial charge is 0.309 e. The van der Waals surface area contributed by atoms with Gasteiger partial charge in [-0.3, -0.25) is 4.98 Å². The molecule has 0 amide bonds. The average Bonchev–Trinajstić information content (AvgIpc) is 3.16. The van der Waals surface area contributed by atoms with Crippen molar-refractivity contribution < 1.29 is 0 Å². The Balaban J connectivity index is 1.95. The highest BCUT2D eigenvalue weighted by molar-refractivity contribution is 6.14. The van der Waals surface area contributed by atoms with E-state index in [-0.39, 0.29) is 5.41 Å². The third-order valence-corrected chi connectivity index (χ3v) is 6.66. The molecule has 0 saturated heterocycles. The van der Waals surface area contributed by atoms with Crippen LogP contribution in [0.15, 0.2) is 67.6 Å². The molecule has 2 aromatic heterocycles. The molecule has 140 valence electrons. The summed E-state index contributed by atoms with van der Waals surface area (Å²) in [6.45, 7) is 12.8. The molecule has 0 bridgehead atoms. The summed E-state index contributed by atoms with van der Waals surface area (Å²) < 4.78 is 2.30. The number of hydrogen-bond acceptors (Lipinski definition) is 1. The fraction of sp³-hybridized carbons (Fsp3) is 0.269. The number of benzene rings is 1. The lowest BCUT2D eigenvalue weighted by Crippen LogP contribution is -2.18. The fourth-order valence-electron chi connectivity index (χ4n) is 5.53. The van der Waals surface area contributed by atoms with Crippen molar-refractivity contribution in [3.8, 4) is 0 Å². The minimum atomic E-state index is 0.0655. The number of rotatable bonds is 3. The van der Waals surface area contributed by atoms with E-state index in [1.54, 1.807) is 11.1 Å². The molecule has 5 rings (SSSR count). The van der Waals surface area contributed by atoms with Gasteiger partial charge in [0, 0.05) is 34.3 Å². The van der Waals surface area contributed by atoms with Crippen LogP contribution in [-0.2, 0) is 5.41 Å². The Labute approximate surface area is 166 Å². The van der Waals surface area contributed by atoms with E-state index >= 15 is 0 Å². The van der Waals surface area contributed by atoms with E-state index in [0.29, 0.717) is 0 Å². The number of nitrogens with zero attached hydrogens (tertiary/aromatic N) is 2. The Hall–Kier alpha value is -2.87. The van der Waals surface area contributed by atoms with Crippen LogP contribution in [0.4, 0.5) is 0 Å². The van der Waals surface area contributed by atoms with Crippen molar-refractivity contribution >= 4 is 33.1 Å². The van der Waals surface area contributed by atoms with E-state index in [1.165, 1.54) is 58.6 Å². The smallest absolute Gasteiger partial charge is 0.0572 e. The lowest BCUT2D eigenvalue weighted by atomic mass is 9.76. The average molecular weight is 367 g/mol. The first-order valence-electron chi connectivity index (χ1n) is 10.2. The normalized spacial score (nSPS) is 18.4. The molecule has 2 heterocycles. The van der Waals surface area contributed by atoms with Crippen LogP contribution < -0.4 is 0 Å². The number of allylic oxidation sites excluding steroid dienone is 6. The van der Waals surface area contributed by atoms with Gasteiger partial charge in [-0.1, -0.05) is 44.7 Å². The zero-order valence-electron chi connectivity index (χ0n) is 16.8. The van der Waals surface area contributed by atoms with Crippen molar-refractivity contribution in [2.75, 3.05) is 0 Å². The van der Waals surface area contributed by atoms with Crippen LogP contribution in [0.3, 0.4) is 0 Å². The molecule has 2 aliphatic rings. The minimum absolute atomic E-state index is 0.0655. The van der Waals surface area contributed by atoms with Gasteiger partial charge in [0.05, 0.1) is 11.0 Å². The maximum atomic E-state index is 4.48. The molecule has 0 unspecified atom stereocenters. The summed E-state index contributed by atoms with van der Waals surface area (Å²) >= 11 is 0. The van der Waals surface area contributed by atoms with Gasteiger partial charge in [0.15, 0.2) is 0 Å². The number of pyridine rings is 1. The molecule has 2 nitrogen and oxygen atoms in total. The quantitative estimate of drug-likeness (QED) is 0.455. The molecule has 1 aromatic carbocycles. The Kier molecular flexibility index (Phi) is 3.74. The predicted octanol–water partition coefficient (Wildman–Crippen LogP) is 7.02. The summed E-state index contributed by atoms with van der Waals surface area (Å²) in [4.78, 5) is 4.48. The molecule has 0 saturated carbocycles. The molecule has 2 aliphatic carbocycles. The van der Waals surface area contributed by atoms with Crippen LogP contribution in [-0.4, -0.2) is 9.55 Å². The lowest BCUT2D eigenvalue weighted by Gasteiger charge is -2.27. The topological polar surface area (TPSA) is 17.8 Å². The van der Waals surface area contributed by atoms with Crippen molar-refractivity contribution in [2.45, 2.75) is 44.9 Å². The van der Waals surface area contributed by atoms with Crippen LogP contribution in [0.1, 0.15) is 50.7 Å². The van der Waals surface area contributed by atoms with Crippen molar-refractivity contribution in [1.29, 1.82) is 0 Å². The molecule has 0 atom stereocenters. The molecule has 2 heteroatoms. The van der Waals surface area contributed by atoms with E-state index in [2.05, 4.69) is 54.8 Å². The van der Waals surface area contributed by atoms with Gasteiger partial charge in [-0.2, -0.15) is 0 Å². The third kappa shape index (κ3) is 2.12. The first-order chi connectivity index (χ1) is 13.6. The highest BCUT2D eigenvalue weighted by Gasteiger charge is 2.40. The Morgan fingerprint density at radius 2 is 1.93 bits per heavy atom. The van der Waals surface area contributed by atoms with Gasteiger partial charge in [-0.25, -0.2) is 0 Å². The van der Waals surface area contributed by atoms with Crippen molar-refractivity contribution in [2.24, 2.45) is 0 Å². The van der Waals surface area contributed by atoms with E-state index in [4.69, 9.17) is 0 Å². The lowest BCUT2D eigenvalue weighted by molar-refractivity contribution is 0.577. The van der Waals surface area contributed by atoms with Gasteiger partial charge in [0.1, 0.15) is 0 Å². The van der Waals surface area contributed by atoms with Crippen LogP contribution >= 0.6 is 0 Å². The van der Waals surface area contributed by atoms with Crippen LogP contribution in [0.5, 0.6) is 0 Å². The minimum Gasteiger partial charge on any atom is -0.309 e. The van der Waals surface area contributed by atoms with Crippen molar-refractivity contribution in [3.63, 3.8) is 0 Å². The summed E-state index contributed by atoms with van der Waals surface area (Å²) in [6, 6.07) is 6.75. The van der Waals surface area contributed by atoms with E-state index in [9.17, 15) is 0 Å². The maximum Gasteiger partial charge on any atom is 0.0572 e. The van der Waals surface area contributed by atoms with Gasteiger partial charge in [0.2, 0.25) is 0 Å². The first kappa shape index (κ1) is 17.2. The molecule has 0 radical (unpaired) electrons. The second-order valence-electron chi connectivity index (χ2n) is 8.43. The molecule has 0 spiro atoms. The summed E-state index contributed by atoms with van der Waals surface area (Å²) in [5.74, 6) is 0.